The highest BCUT2D eigenvalue weighted by molar-refractivity contribution is 5.71. The van der Waals surface area contributed by atoms with E-state index in [1.165, 1.54) is 0 Å². The zero-order valence-electron chi connectivity index (χ0n) is 10.2. The predicted octanol–water partition coefficient (Wildman–Crippen LogP) is 1.08. The lowest BCUT2D eigenvalue weighted by atomic mass is 9.95. The van der Waals surface area contributed by atoms with Crippen molar-refractivity contribution in [2.24, 2.45) is 0 Å². The Hall–Kier alpha value is -0.610. The van der Waals surface area contributed by atoms with Gasteiger partial charge in [-0.05, 0) is 33.6 Å². The molecule has 2 N–H and O–H groups in total. The van der Waals surface area contributed by atoms with Crippen LogP contribution in [0.2, 0.25) is 0 Å². The van der Waals surface area contributed by atoms with E-state index in [1.807, 2.05) is 27.7 Å². The maximum atomic E-state index is 11.3. The van der Waals surface area contributed by atoms with Crippen molar-refractivity contribution in [3.63, 3.8) is 0 Å². The highest BCUT2D eigenvalue weighted by Crippen LogP contribution is 2.13. The number of ether oxygens (including phenoxy) is 1. The van der Waals surface area contributed by atoms with Crippen molar-refractivity contribution in [2.45, 2.75) is 52.2 Å². The normalized spacial score (nSPS) is 15.1. The first-order valence-electron chi connectivity index (χ1n) is 5.49. The molecule has 0 fully saturated rings. The summed E-state index contributed by atoms with van der Waals surface area (Å²) < 4.78 is 5.00. The monoisotopic (exact) mass is 217 g/mol. The number of rotatable bonds is 7. The zero-order chi connectivity index (χ0) is 11.9. The summed E-state index contributed by atoms with van der Waals surface area (Å²) >= 11 is 0. The number of aliphatic hydroxyl groups excluding tert-OH is 1. The highest BCUT2D eigenvalue weighted by Gasteiger charge is 2.21. The van der Waals surface area contributed by atoms with E-state index >= 15 is 0 Å². The Morgan fingerprint density at radius 1 is 1.53 bits per heavy atom. The van der Waals surface area contributed by atoms with Crippen LogP contribution in [0.25, 0.3) is 0 Å². The summed E-state index contributed by atoms with van der Waals surface area (Å²) in [5.74, 6) is -0.248. The van der Waals surface area contributed by atoms with Crippen molar-refractivity contribution in [2.75, 3.05) is 13.2 Å². The van der Waals surface area contributed by atoms with Gasteiger partial charge in [-0.3, -0.25) is 4.79 Å². The van der Waals surface area contributed by atoms with Gasteiger partial charge in [-0.25, -0.2) is 0 Å². The molecule has 0 aliphatic carbocycles. The number of aliphatic hydroxyl groups is 1. The van der Waals surface area contributed by atoms with E-state index < -0.39 is 0 Å². The van der Waals surface area contributed by atoms with Gasteiger partial charge in [0.1, 0.15) is 0 Å². The Morgan fingerprint density at radius 2 is 2.13 bits per heavy atom. The molecule has 0 saturated heterocycles. The van der Waals surface area contributed by atoms with Gasteiger partial charge in [-0.15, -0.1) is 0 Å². The fraction of sp³-hybridized carbons (Fsp3) is 0.909. The Balaban J connectivity index is 3.94. The largest absolute Gasteiger partial charge is 0.462 e. The van der Waals surface area contributed by atoms with E-state index in [0.717, 1.165) is 6.42 Å². The third-order valence-electron chi connectivity index (χ3n) is 2.47. The molecule has 0 saturated carbocycles. The molecular formula is C11H23NO3. The molecule has 0 aromatic heterocycles. The minimum Gasteiger partial charge on any atom is -0.462 e. The third kappa shape index (κ3) is 6.47. The van der Waals surface area contributed by atoms with Crippen LogP contribution in [0.15, 0.2) is 0 Å². The number of nitrogens with one attached hydrogen (secondary N) is 1. The van der Waals surface area contributed by atoms with Crippen LogP contribution < -0.4 is 5.32 Å². The molecule has 0 bridgehead atoms. The standard InChI is InChI=1S/C11H23NO3/c1-5-11(4,6-7-13)12-8-10(14)15-9(2)3/h9,12-13H,5-8H2,1-4H3. The Bertz CT molecular complexity index is 194. The first-order chi connectivity index (χ1) is 6.93. The molecule has 0 amide bonds. The second kappa shape index (κ2) is 6.80. The number of hydrogen-bond donors (Lipinski definition) is 2. The van der Waals surface area contributed by atoms with Gasteiger partial charge in [0.15, 0.2) is 0 Å². The Labute approximate surface area is 92.0 Å². The average Bonchev–Trinajstić information content (AvgIpc) is 2.14. The van der Waals surface area contributed by atoms with E-state index in [4.69, 9.17) is 9.84 Å². The van der Waals surface area contributed by atoms with E-state index in [2.05, 4.69) is 5.32 Å². The fourth-order valence-corrected chi connectivity index (χ4v) is 1.23. The second-order valence-corrected chi connectivity index (χ2v) is 4.28. The molecule has 0 heterocycles. The molecule has 0 aliphatic heterocycles. The fourth-order valence-electron chi connectivity index (χ4n) is 1.23. The van der Waals surface area contributed by atoms with Crippen LogP contribution in [0.1, 0.15) is 40.5 Å². The molecule has 0 aromatic carbocycles. The van der Waals surface area contributed by atoms with Crippen molar-refractivity contribution in [1.82, 2.24) is 5.32 Å². The molecule has 1 unspecified atom stereocenters. The van der Waals surface area contributed by atoms with E-state index in [-0.39, 0.29) is 30.8 Å². The van der Waals surface area contributed by atoms with Crippen molar-refractivity contribution >= 4 is 5.97 Å². The summed E-state index contributed by atoms with van der Waals surface area (Å²) in [6.07, 6.45) is 1.42. The van der Waals surface area contributed by atoms with Crippen molar-refractivity contribution in [3.05, 3.63) is 0 Å². The lowest BCUT2D eigenvalue weighted by Gasteiger charge is -2.28. The Morgan fingerprint density at radius 3 is 2.53 bits per heavy atom. The summed E-state index contributed by atoms with van der Waals surface area (Å²) in [5.41, 5.74) is -0.190. The molecule has 4 heteroatoms. The minimum absolute atomic E-state index is 0.0787. The van der Waals surface area contributed by atoms with Crippen LogP contribution in [-0.2, 0) is 9.53 Å². The van der Waals surface area contributed by atoms with Crippen molar-refractivity contribution in [1.29, 1.82) is 0 Å². The molecule has 0 aromatic rings. The lowest BCUT2D eigenvalue weighted by Crippen LogP contribution is -2.45. The molecule has 0 spiro atoms. The third-order valence-corrected chi connectivity index (χ3v) is 2.47. The van der Waals surface area contributed by atoms with Gasteiger partial charge < -0.3 is 15.2 Å². The molecule has 15 heavy (non-hydrogen) atoms. The molecule has 0 rings (SSSR count). The van der Waals surface area contributed by atoms with Gasteiger partial charge in [0.2, 0.25) is 0 Å². The van der Waals surface area contributed by atoms with E-state index in [1.54, 1.807) is 0 Å². The average molecular weight is 217 g/mol. The number of carbonyl (C=O) groups is 1. The smallest absolute Gasteiger partial charge is 0.320 e. The SMILES string of the molecule is CCC(C)(CCO)NCC(=O)OC(C)C. The summed E-state index contributed by atoms with van der Waals surface area (Å²) in [6, 6.07) is 0. The number of esters is 1. The molecule has 0 aliphatic rings. The zero-order valence-corrected chi connectivity index (χ0v) is 10.2. The summed E-state index contributed by atoms with van der Waals surface area (Å²) in [4.78, 5) is 11.3. The van der Waals surface area contributed by atoms with Crippen LogP contribution in [0.3, 0.4) is 0 Å². The van der Waals surface area contributed by atoms with Gasteiger partial charge in [-0.1, -0.05) is 6.92 Å². The molecule has 0 radical (unpaired) electrons. The van der Waals surface area contributed by atoms with Gasteiger partial charge in [-0.2, -0.15) is 0 Å². The van der Waals surface area contributed by atoms with E-state index in [9.17, 15) is 4.79 Å². The topological polar surface area (TPSA) is 58.6 Å². The number of hydrogen-bond acceptors (Lipinski definition) is 4. The first-order valence-corrected chi connectivity index (χ1v) is 5.49. The van der Waals surface area contributed by atoms with Gasteiger partial charge in [0, 0.05) is 12.1 Å². The lowest BCUT2D eigenvalue weighted by molar-refractivity contribution is -0.146. The van der Waals surface area contributed by atoms with Crippen LogP contribution in [0, 0.1) is 0 Å². The molecular weight excluding hydrogens is 194 g/mol. The van der Waals surface area contributed by atoms with Gasteiger partial charge >= 0.3 is 5.97 Å². The van der Waals surface area contributed by atoms with Crippen molar-refractivity contribution < 1.29 is 14.6 Å². The summed E-state index contributed by atoms with van der Waals surface area (Å²) in [6.45, 7) is 7.98. The molecule has 4 nitrogen and oxygen atoms in total. The van der Waals surface area contributed by atoms with Crippen molar-refractivity contribution in [3.8, 4) is 0 Å². The summed E-state index contributed by atoms with van der Waals surface area (Å²) in [7, 11) is 0. The highest BCUT2D eigenvalue weighted by atomic mass is 16.5. The van der Waals surface area contributed by atoms with Crippen LogP contribution in [0.5, 0.6) is 0 Å². The van der Waals surface area contributed by atoms with Crippen LogP contribution in [-0.4, -0.2) is 35.9 Å². The number of carbonyl (C=O) groups excluding carboxylic acids is 1. The quantitative estimate of drug-likeness (QED) is 0.626. The maximum Gasteiger partial charge on any atom is 0.320 e. The molecule has 1 atom stereocenters. The molecule has 90 valence electrons. The van der Waals surface area contributed by atoms with Gasteiger partial charge in [0.25, 0.3) is 0 Å². The maximum absolute atomic E-state index is 11.3. The van der Waals surface area contributed by atoms with Crippen LogP contribution in [0.4, 0.5) is 0 Å². The minimum atomic E-state index is -0.248. The first kappa shape index (κ1) is 14.4. The predicted molar refractivity (Wildman–Crippen MR) is 59.6 cm³/mol. The van der Waals surface area contributed by atoms with E-state index in [0.29, 0.717) is 6.42 Å². The Kier molecular flexibility index (Phi) is 6.52. The summed E-state index contributed by atoms with van der Waals surface area (Å²) in [5, 5.41) is 12.0. The van der Waals surface area contributed by atoms with Gasteiger partial charge in [0.05, 0.1) is 12.6 Å². The second-order valence-electron chi connectivity index (χ2n) is 4.28. The van der Waals surface area contributed by atoms with Crippen LogP contribution >= 0.6 is 0 Å².